The Morgan fingerprint density at radius 3 is 2.65 bits per heavy atom. The standard InChI is InChI=1S/C16H20F2N2O3/c1-2-23-15(22)12(11-6-4-3-5-7-11)9-19-14(21)13-8-16(17,18)10-20-13/h3-7,12-13,20H,2,8-10H2,1H3,(H,19,21). The summed E-state index contributed by atoms with van der Waals surface area (Å²) in [6.45, 7) is 1.42. The molecule has 0 aliphatic carbocycles. The maximum atomic E-state index is 13.1. The van der Waals surface area contributed by atoms with Gasteiger partial charge in [-0.15, -0.1) is 0 Å². The van der Waals surface area contributed by atoms with Crippen molar-refractivity contribution in [1.82, 2.24) is 10.6 Å². The molecule has 1 aliphatic rings. The summed E-state index contributed by atoms with van der Waals surface area (Å²) in [6, 6.07) is 7.95. The molecular weight excluding hydrogens is 306 g/mol. The highest BCUT2D eigenvalue weighted by atomic mass is 19.3. The van der Waals surface area contributed by atoms with Crippen molar-refractivity contribution >= 4 is 11.9 Å². The normalized spacial score (nSPS) is 20.7. The number of esters is 1. The number of carbonyl (C=O) groups is 2. The van der Waals surface area contributed by atoms with E-state index in [1.54, 1.807) is 31.2 Å². The van der Waals surface area contributed by atoms with E-state index < -0.39 is 42.7 Å². The molecule has 0 radical (unpaired) electrons. The van der Waals surface area contributed by atoms with Crippen LogP contribution in [0.4, 0.5) is 8.78 Å². The highest BCUT2D eigenvalue weighted by Gasteiger charge is 2.42. The second-order valence-electron chi connectivity index (χ2n) is 5.45. The first-order chi connectivity index (χ1) is 10.9. The first-order valence-electron chi connectivity index (χ1n) is 7.53. The molecule has 2 atom stereocenters. The highest BCUT2D eigenvalue weighted by Crippen LogP contribution is 2.25. The van der Waals surface area contributed by atoms with Crippen molar-refractivity contribution in [3.8, 4) is 0 Å². The van der Waals surface area contributed by atoms with Gasteiger partial charge in [0.05, 0.1) is 25.1 Å². The van der Waals surface area contributed by atoms with Crippen molar-refractivity contribution in [3.05, 3.63) is 35.9 Å². The molecule has 0 spiro atoms. The van der Waals surface area contributed by atoms with Gasteiger partial charge in [0.15, 0.2) is 0 Å². The van der Waals surface area contributed by atoms with E-state index in [0.717, 1.165) is 0 Å². The first kappa shape index (κ1) is 17.3. The lowest BCUT2D eigenvalue weighted by Gasteiger charge is -2.18. The van der Waals surface area contributed by atoms with Gasteiger partial charge in [-0.25, -0.2) is 8.78 Å². The Balaban J connectivity index is 1.98. The molecule has 1 saturated heterocycles. The Hall–Kier alpha value is -2.02. The van der Waals surface area contributed by atoms with Crippen molar-refractivity contribution < 1.29 is 23.1 Å². The molecule has 1 heterocycles. The number of hydrogen-bond donors (Lipinski definition) is 2. The van der Waals surface area contributed by atoms with E-state index in [0.29, 0.717) is 5.56 Å². The molecule has 1 aromatic carbocycles. The summed E-state index contributed by atoms with van der Waals surface area (Å²) in [5.74, 6) is -4.53. The Bertz CT molecular complexity index is 552. The zero-order valence-electron chi connectivity index (χ0n) is 12.9. The van der Waals surface area contributed by atoms with Gasteiger partial charge < -0.3 is 10.1 Å². The Morgan fingerprint density at radius 1 is 1.39 bits per heavy atom. The molecule has 0 bridgehead atoms. The average molecular weight is 326 g/mol. The van der Waals surface area contributed by atoms with Gasteiger partial charge in [-0.1, -0.05) is 30.3 Å². The molecule has 7 heteroatoms. The zero-order chi connectivity index (χ0) is 16.9. The monoisotopic (exact) mass is 326 g/mol. The second kappa shape index (κ2) is 7.50. The highest BCUT2D eigenvalue weighted by molar-refractivity contribution is 5.84. The molecule has 2 unspecified atom stereocenters. The number of hydrogen-bond acceptors (Lipinski definition) is 4. The number of carbonyl (C=O) groups excluding carboxylic acids is 2. The largest absolute Gasteiger partial charge is 0.465 e. The van der Waals surface area contributed by atoms with E-state index in [1.165, 1.54) is 0 Å². The minimum absolute atomic E-state index is 0.00539. The maximum absolute atomic E-state index is 13.1. The molecule has 1 fully saturated rings. The van der Waals surface area contributed by atoms with Crippen LogP contribution in [0.2, 0.25) is 0 Å². The average Bonchev–Trinajstić information content (AvgIpc) is 2.89. The lowest BCUT2D eigenvalue weighted by molar-refractivity contribution is -0.144. The number of benzene rings is 1. The number of alkyl halides is 2. The van der Waals surface area contributed by atoms with Gasteiger partial charge in [0, 0.05) is 13.0 Å². The minimum atomic E-state index is -2.87. The van der Waals surface area contributed by atoms with Crippen molar-refractivity contribution in [2.45, 2.75) is 31.2 Å². The van der Waals surface area contributed by atoms with Crippen molar-refractivity contribution in [2.24, 2.45) is 0 Å². The summed E-state index contributed by atoms with van der Waals surface area (Å²) in [5, 5.41) is 5.05. The molecular formula is C16H20F2N2O3. The maximum Gasteiger partial charge on any atom is 0.315 e. The van der Waals surface area contributed by atoms with E-state index in [4.69, 9.17) is 4.74 Å². The number of halogens is 2. The van der Waals surface area contributed by atoms with Crippen LogP contribution < -0.4 is 10.6 Å². The number of ether oxygens (including phenoxy) is 1. The summed E-state index contributed by atoms with van der Waals surface area (Å²) in [5.41, 5.74) is 0.705. The van der Waals surface area contributed by atoms with Gasteiger partial charge in [0.25, 0.3) is 5.92 Å². The van der Waals surface area contributed by atoms with Crippen molar-refractivity contribution in [1.29, 1.82) is 0 Å². The van der Waals surface area contributed by atoms with Crippen LogP contribution in [0.15, 0.2) is 30.3 Å². The van der Waals surface area contributed by atoms with Crippen LogP contribution in [0.1, 0.15) is 24.8 Å². The van der Waals surface area contributed by atoms with E-state index in [-0.39, 0.29) is 13.2 Å². The molecule has 0 saturated carbocycles. The lowest BCUT2D eigenvalue weighted by Crippen LogP contribution is -2.43. The summed E-state index contributed by atoms with van der Waals surface area (Å²) >= 11 is 0. The van der Waals surface area contributed by atoms with Crippen LogP contribution in [0.3, 0.4) is 0 Å². The summed E-state index contributed by atoms with van der Waals surface area (Å²) in [6.07, 6.45) is -0.533. The molecule has 2 N–H and O–H groups in total. The summed E-state index contributed by atoms with van der Waals surface area (Å²) in [4.78, 5) is 24.1. The van der Waals surface area contributed by atoms with Crippen LogP contribution in [0.5, 0.6) is 0 Å². The van der Waals surface area contributed by atoms with E-state index >= 15 is 0 Å². The Kier molecular flexibility index (Phi) is 5.65. The molecule has 0 aromatic heterocycles. The van der Waals surface area contributed by atoms with Crippen LogP contribution in [0, 0.1) is 0 Å². The SMILES string of the molecule is CCOC(=O)C(CNC(=O)C1CC(F)(F)CN1)c1ccccc1. The predicted molar refractivity (Wildman–Crippen MR) is 80.2 cm³/mol. The fraction of sp³-hybridized carbons (Fsp3) is 0.500. The number of amides is 1. The fourth-order valence-corrected chi connectivity index (χ4v) is 2.49. The third kappa shape index (κ3) is 4.72. The number of rotatable bonds is 6. The quantitative estimate of drug-likeness (QED) is 0.777. The van der Waals surface area contributed by atoms with E-state index in [9.17, 15) is 18.4 Å². The molecule has 23 heavy (non-hydrogen) atoms. The molecule has 5 nitrogen and oxygen atoms in total. The Labute approximate surface area is 133 Å². The third-order valence-electron chi connectivity index (χ3n) is 3.68. The van der Waals surface area contributed by atoms with Crippen molar-refractivity contribution in [3.63, 3.8) is 0 Å². The first-order valence-corrected chi connectivity index (χ1v) is 7.53. The minimum Gasteiger partial charge on any atom is -0.465 e. The Morgan fingerprint density at radius 2 is 2.09 bits per heavy atom. The van der Waals surface area contributed by atoms with E-state index in [2.05, 4.69) is 10.6 Å². The van der Waals surface area contributed by atoms with Crippen LogP contribution >= 0.6 is 0 Å². The predicted octanol–water partition coefficient (Wildman–Crippen LogP) is 1.45. The van der Waals surface area contributed by atoms with Gasteiger partial charge in [0.2, 0.25) is 5.91 Å². The van der Waals surface area contributed by atoms with Gasteiger partial charge >= 0.3 is 5.97 Å². The fourth-order valence-electron chi connectivity index (χ4n) is 2.49. The van der Waals surface area contributed by atoms with Gasteiger partial charge in [-0.2, -0.15) is 0 Å². The van der Waals surface area contributed by atoms with Gasteiger partial charge in [-0.3, -0.25) is 14.9 Å². The molecule has 1 aromatic rings. The summed E-state index contributed by atoms with van der Waals surface area (Å²) < 4.78 is 31.3. The van der Waals surface area contributed by atoms with Crippen LogP contribution in [-0.2, 0) is 14.3 Å². The molecule has 2 rings (SSSR count). The molecule has 1 aliphatic heterocycles. The smallest absolute Gasteiger partial charge is 0.315 e. The number of nitrogens with one attached hydrogen (secondary N) is 2. The third-order valence-corrected chi connectivity index (χ3v) is 3.68. The lowest BCUT2D eigenvalue weighted by atomic mass is 9.99. The van der Waals surface area contributed by atoms with Crippen LogP contribution in [0.25, 0.3) is 0 Å². The summed E-state index contributed by atoms with van der Waals surface area (Å²) in [7, 11) is 0. The van der Waals surface area contributed by atoms with Crippen LogP contribution in [-0.4, -0.2) is 43.5 Å². The zero-order valence-corrected chi connectivity index (χ0v) is 12.9. The molecule has 126 valence electrons. The van der Waals surface area contributed by atoms with E-state index in [1.807, 2.05) is 6.07 Å². The topological polar surface area (TPSA) is 67.4 Å². The van der Waals surface area contributed by atoms with Crippen molar-refractivity contribution in [2.75, 3.05) is 19.7 Å². The van der Waals surface area contributed by atoms with Gasteiger partial charge in [-0.05, 0) is 12.5 Å². The second-order valence-corrected chi connectivity index (χ2v) is 5.45. The van der Waals surface area contributed by atoms with Gasteiger partial charge in [0.1, 0.15) is 0 Å². The molecule has 1 amide bonds.